The molecule has 2 rings (SSSR count). The number of hydrogen-bond donors (Lipinski definition) is 2. The van der Waals surface area contributed by atoms with Crippen molar-refractivity contribution in [2.24, 2.45) is 0 Å². The van der Waals surface area contributed by atoms with E-state index in [2.05, 4.69) is 15.5 Å². The third-order valence-corrected chi connectivity index (χ3v) is 5.67. The van der Waals surface area contributed by atoms with Gasteiger partial charge in [-0.05, 0) is 0 Å². The summed E-state index contributed by atoms with van der Waals surface area (Å²) in [6.45, 7) is 3.35. The second-order valence-electron chi connectivity index (χ2n) is 4.10. The lowest BCUT2D eigenvalue weighted by molar-refractivity contribution is 0.388. The first-order chi connectivity index (χ1) is 9.89. The molecule has 21 heavy (non-hydrogen) atoms. The quantitative estimate of drug-likeness (QED) is 0.838. The van der Waals surface area contributed by atoms with Gasteiger partial charge in [-0.1, -0.05) is 12.1 Å². The van der Waals surface area contributed by atoms with E-state index in [0.29, 0.717) is 16.7 Å². The number of aromatic nitrogens is 2. The van der Waals surface area contributed by atoms with Gasteiger partial charge in [-0.3, -0.25) is 0 Å². The molecule has 112 valence electrons. The number of nitrogen functional groups attached to an aromatic ring is 1. The van der Waals surface area contributed by atoms with Gasteiger partial charge in [0, 0.05) is 6.92 Å². The minimum Gasteiger partial charge on any atom is -0.396 e. The summed E-state index contributed by atoms with van der Waals surface area (Å²) >= 11 is 0.992. The number of anilines is 2. The van der Waals surface area contributed by atoms with E-state index in [4.69, 9.17) is 15.5 Å². The van der Waals surface area contributed by atoms with Crippen LogP contribution in [0.2, 0.25) is 0 Å². The summed E-state index contributed by atoms with van der Waals surface area (Å²) in [5.74, 6) is 0.698. The molecule has 2 aromatic rings. The van der Waals surface area contributed by atoms with Gasteiger partial charge in [-0.2, -0.15) is 10.2 Å². The Bertz CT molecular complexity index is 800. The average Bonchev–Trinajstić information content (AvgIpc) is 3.00. The van der Waals surface area contributed by atoms with Crippen LogP contribution in [0.3, 0.4) is 0 Å². The zero-order chi connectivity index (χ0) is 15.6. The Hall–Kier alpha value is -2.12. The maximum absolute atomic E-state index is 12.1. The van der Waals surface area contributed by atoms with E-state index in [9.17, 15) is 8.42 Å². The average molecular weight is 327 g/mol. The van der Waals surface area contributed by atoms with Crippen molar-refractivity contribution in [1.29, 1.82) is 5.26 Å². The van der Waals surface area contributed by atoms with Crippen LogP contribution in [-0.4, -0.2) is 24.3 Å². The van der Waals surface area contributed by atoms with E-state index in [0.717, 1.165) is 11.3 Å². The summed E-state index contributed by atoms with van der Waals surface area (Å²) in [6.07, 6.45) is 0. The molecule has 2 heterocycles. The zero-order valence-corrected chi connectivity index (χ0v) is 13.0. The summed E-state index contributed by atoms with van der Waals surface area (Å²) in [5.41, 5.74) is 5.75. The number of aryl methyl sites for hydroxylation is 1. The standard InChI is InChI=1S/C11H13N5O3S2/c1-3-21(17,18)10-9(13)7(4-12)20-11(10)14-5-8-15-6(2)19-16-8/h14H,3,5,13H2,1-2H3. The van der Waals surface area contributed by atoms with Gasteiger partial charge >= 0.3 is 0 Å². The molecule has 0 aliphatic heterocycles. The van der Waals surface area contributed by atoms with Crippen molar-refractivity contribution in [2.75, 3.05) is 16.8 Å². The molecule has 0 aliphatic carbocycles. The van der Waals surface area contributed by atoms with E-state index in [1.165, 1.54) is 6.92 Å². The maximum atomic E-state index is 12.1. The highest BCUT2D eigenvalue weighted by molar-refractivity contribution is 7.91. The van der Waals surface area contributed by atoms with Gasteiger partial charge in [0.2, 0.25) is 5.89 Å². The van der Waals surface area contributed by atoms with Crippen molar-refractivity contribution in [3.05, 3.63) is 16.6 Å². The third kappa shape index (κ3) is 2.98. The molecule has 3 N–H and O–H groups in total. The molecule has 8 nitrogen and oxygen atoms in total. The fourth-order valence-corrected chi connectivity index (χ4v) is 4.11. The van der Waals surface area contributed by atoms with Crippen LogP contribution < -0.4 is 11.1 Å². The first kappa shape index (κ1) is 15.3. The maximum Gasteiger partial charge on any atom is 0.223 e. The molecule has 0 saturated heterocycles. The smallest absolute Gasteiger partial charge is 0.223 e. The Morgan fingerprint density at radius 3 is 2.76 bits per heavy atom. The molecule has 0 unspecified atom stereocenters. The van der Waals surface area contributed by atoms with E-state index >= 15 is 0 Å². The molecule has 0 amide bonds. The van der Waals surface area contributed by atoms with Gasteiger partial charge in [-0.25, -0.2) is 8.42 Å². The molecule has 0 spiro atoms. The number of nitrogens with zero attached hydrogens (tertiary/aromatic N) is 3. The van der Waals surface area contributed by atoms with Crippen LogP contribution in [0, 0.1) is 18.3 Å². The van der Waals surface area contributed by atoms with Gasteiger partial charge < -0.3 is 15.6 Å². The first-order valence-electron chi connectivity index (χ1n) is 5.97. The molecular formula is C11H13N5O3S2. The van der Waals surface area contributed by atoms with Crippen molar-refractivity contribution in [1.82, 2.24) is 10.1 Å². The highest BCUT2D eigenvalue weighted by atomic mass is 32.2. The monoisotopic (exact) mass is 327 g/mol. The molecule has 10 heteroatoms. The highest BCUT2D eigenvalue weighted by Gasteiger charge is 2.26. The number of rotatable bonds is 5. The van der Waals surface area contributed by atoms with E-state index in [1.54, 1.807) is 6.92 Å². The molecule has 0 atom stereocenters. The van der Waals surface area contributed by atoms with Crippen LogP contribution in [0.1, 0.15) is 23.5 Å². The van der Waals surface area contributed by atoms with Crippen LogP contribution in [0.25, 0.3) is 0 Å². The highest BCUT2D eigenvalue weighted by Crippen LogP contribution is 2.39. The second-order valence-corrected chi connectivity index (χ2v) is 7.34. The summed E-state index contributed by atoms with van der Waals surface area (Å²) < 4.78 is 29.1. The Kier molecular flexibility index (Phi) is 4.15. The van der Waals surface area contributed by atoms with Crippen molar-refractivity contribution in [3.63, 3.8) is 0 Å². The minimum atomic E-state index is -3.54. The predicted octanol–water partition coefficient (Wildman–Crippen LogP) is 1.30. The molecule has 2 aromatic heterocycles. The van der Waals surface area contributed by atoms with Gasteiger partial charge in [0.15, 0.2) is 15.7 Å². The van der Waals surface area contributed by atoms with Gasteiger partial charge in [0.1, 0.15) is 20.8 Å². The number of nitriles is 1. The third-order valence-electron chi connectivity index (χ3n) is 2.67. The van der Waals surface area contributed by atoms with Crippen molar-refractivity contribution in [2.45, 2.75) is 25.3 Å². The van der Waals surface area contributed by atoms with Gasteiger partial charge in [-0.15, -0.1) is 11.3 Å². The Morgan fingerprint density at radius 2 is 2.24 bits per heavy atom. The van der Waals surface area contributed by atoms with Crippen LogP contribution in [0.4, 0.5) is 10.7 Å². The Balaban J connectivity index is 2.37. The number of sulfone groups is 1. The SMILES string of the molecule is CCS(=O)(=O)c1c(NCc2noc(C)n2)sc(C#N)c1N. The normalized spacial score (nSPS) is 11.3. The van der Waals surface area contributed by atoms with E-state index in [-0.39, 0.29) is 27.8 Å². The molecule has 0 fully saturated rings. The van der Waals surface area contributed by atoms with E-state index in [1.807, 2.05) is 6.07 Å². The molecule has 0 saturated carbocycles. The van der Waals surface area contributed by atoms with Crippen molar-refractivity contribution in [3.8, 4) is 6.07 Å². The van der Waals surface area contributed by atoms with Crippen LogP contribution in [-0.2, 0) is 16.4 Å². The van der Waals surface area contributed by atoms with Crippen LogP contribution >= 0.6 is 11.3 Å². The fraction of sp³-hybridized carbons (Fsp3) is 0.364. The number of hydrogen-bond acceptors (Lipinski definition) is 9. The number of nitrogens with two attached hydrogens (primary N) is 1. The Labute approximate surface area is 125 Å². The molecular weight excluding hydrogens is 314 g/mol. The lowest BCUT2D eigenvalue weighted by atomic mass is 10.4. The van der Waals surface area contributed by atoms with Crippen LogP contribution in [0.5, 0.6) is 0 Å². The van der Waals surface area contributed by atoms with Crippen molar-refractivity contribution >= 4 is 31.9 Å². The summed E-state index contributed by atoms with van der Waals surface area (Å²) in [7, 11) is -3.54. The largest absolute Gasteiger partial charge is 0.396 e. The summed E-state index contributed by atoms with van der Waals surface area (Å²) in [5, 5.41) is 15.9. The fourth-order valence-electron chi connectivity index (χ4n) is 1.65. The topological polar surface area (TPSA) is 135 Å². The molecule has 0 aromatic carbocycles. The molecule has 0 aliphatic rings. The molecule has 0 bridgehead atoms. The van der Waals surface area contributed by atoms with Gasteiger partial charge in [0.05, 0.1) is 18.0 Å². The second kappa shape index (κ2) is 5.71. The van der Waals surface area contributed by atoms with Gasteiger partial charge in [0.25, 0.3) is 0 Å². The Morgan fingerprint density at radius 1 is 1.52 bits per heavy atom. The predicted molar refractivity (Wildman–Crippen MR) is 77.5 cm³/mol. The minimum absolute atomic E-state index is 0.0175. The van der Waals surface area contributed by atoms with Crippen molar-refractivity contribution < 1.29 is 12.9 Å². The zero-order valence-electron chi connectivity index (χ0n) is 11.4. The number of thiophene rings is 1. The summed E-state index contributed by atoms with van der Waals surface area (Å²) in [6, 6.07) is 1.89. The number of nitrogens with one attached hydrogen (secondary N) is 1. The first-order valence-corrected chi connectivity index (χ1v) is 8.44. The summed E-state index contributed by atoms with van der Waals surface area (Å²) in [4.78, 5) is 4.13. The molecule has 0 radical (unpaired) electrons. The van der Waals surface area contributed by atoms with Crippen LogP contribution in [0.15, 0.2) is 9.42 Å². The lowest BCUT2D eigenvalue weighted by Crippen LogP contribution is -2.09. The van der Waals surface area contributed by atoms with E-state index < -0.39 is 9.84 Å². The lowest BCUT2D eigenvalue weighted by Gasteiger charge is -2.06.